The van der Waals surface area contributed by atoms with E-state index in [-0.39, 0.29) is 0 Å². The first-order valence-corrected chi connectivity index (χ1v) is 6.98. The number of fused-ring (bicyclic) bond motifs is 1. The van der Waals surface area contributed by atoms with Crippen LogP contribution in [0, 0.1) is 0 Å². The van der Waals surface area contributed by atoms with Gasteiger partial charge in [-0.3, -0.25) is 0 Å². The van der Waals surface area contributed by atoms with E-state index in [0.717, 1.165) is 22.4 Å². The Morgan fingerprint density at radius 1 is 1.09 bits per heavy atom. The molecular weight excluding hydrogens is 302 g/mol. The van der Waals surface area contributed by atoms with Crippen LogP contribution in [0.2, 0.25) is 5.02 Å². The number of para-hydroxylation sites is 2. The molecule has 108 valence electrons. The summed E-state index contributed by atoms with van der Waals surface area (Å²) in [5, 5.41) is 3.65. The van der Waals surface area contributed by atoms with Gasteiger partial charge in [-0.25, -0.2) is 4.98 Å². The zero-order chi connectivity index (χ0) is 14.9. The Balaban J connectivity index is 1.64. The number of nitrogens with zero attached hydrogens (tertiary/aromatic N) is 2. The summed E-state index contributed by atoms with van der Waals surface area (Å²) < 4.78 is 10.9. The summed E-state index contributed by atoms with van der Waals surface area (Å²) in [6, 6.07) is 13.5. The first-order valence-electron chi connectivity index (χ1n) is 6.60. The highest BCUT2D eigenvalue weighted by Crippen LogP contribution is 2.31. The van der Waals surface area contributed by atoms with Gasteiger partial charge in [0.05, 0.1) is 11.2 Å². The van der Waals surface area contributed by atoms with Crippen molar-refractivity contribution in [3.63, 3.8) is 0 Å². The van der Waals surface area contributed by atoms with E-state index in [0.29, 0.717) is 16.8 Å². The summed E-state index contributed by atoms with van der Waals surface area (Å²) in [6.07, 6.45) is 2.99. The number of hydrogen-bond donors (Lipinski definition) is 1. The number of rotatable bonds is 3. The van der Waals surface area contributed by atoms with Crippen molar-refractivity contribution in [1.82, 2.24) is 9.97 Å². The molecule has 2 heterocycles. The van der Waals surface area contributed by atoms with E-state index < -0.39 is 0 Å². The Morgan fingerprint density at radius 2 is 2.00 bits per heavy atom. The number of nitrogens with one attached hydrogen (secondary N) is 1. The molecule has 0 radical (unpaired) electrons. The molecule has 0 aliphatic heterocycles. The van der Waals surface area contributed by atoms with Crippen molar-refractivity contribution in [3.8, 4) is 11.3 Å². The molecule has 0 saturated carbocycles. The van der Waals surface area contributed by atoms with E-state index >= 15 is 0 Å². The zero-order valence-electron chi connectivity index (χ0n) is 11.3. The maximum Gasteiger partial charge on any atom is 0.300 e. The predicted octanol–water partition coefficient (Wildman–Crippen LogP) is 4.88. The molecule has 22 heavy (non-hydrogen) atoms. The van der Waals surface area contributed by atoms with Gasteiger partial charge in [0.25, 0.3) is 6.01 Å². The van der Waals surface area contributed by atoms with E-state index in [9.17, 15) is 0 Å². The predicted molar refractivity (Wildman–Crippen MR) is 84.2 cm³/mol. The molecule has 0 unspecified atom stereocenters. The lowest BCUT2D eigenvalue weighted by Gasteiger charge is -2.05. The molecule has 0 atom stereocenters. The van der Waals surface area contributed by atoms with Crippen LogP contribution in [0.1, 0.15) is 0 Å². The lowest BCUT2D eigenvalue weighted by atomic mass is 10.1. The molecule has 5 nitrogen and oxygen atoms in total. The van der Waals surface area contributed by atoms with Crippen LogP contribution >= 0.6 is 11.6 Å². The van der Waals surface area contributed by atoms with Gasteiger partial charge in [0.1, 0.15) is 5.52 Å². The van der Waals surface area contributed by atoms with Gasteiger partial charge in [-0.1, -0.05) is 23.7 Å². The maximum absolute atomic E-state index is 6.29. The van der Waals surface area contributed by atoms with Crippen molar-refractivity contribution in [2.75, 3.05) is 5.32 Å². The minimum atomic E-state index is 0.421. The summed E-state index contributed by atoms with van der Waals surface area (Å²) in [6.45, 7) is 0. The number of halogens is 1. The molecule has 1 N–H and O–H groups in total. The highest BCUT2D eigenvalue weighted by atomic mass is 35.5. The molecule has 0 bridgehead atoms. The van der Waals surface area contributed by atoms with Gasteiger partial charge in [0, 0.05) is 11.3 Å². The van der Waals surface area contributed by atoms with E-state index in [1.54, 1.807) is 12.3 Å². The largest absolute Gasteiger partial charge is 0.443 e. The van der Waals surface area contributed by atoms with Crippen LogP contribution in [0.25, 0.3) is 22.4 Å². The third kappa shape index (κ3) is 2.31. The van der Waals surface area contributed by atoms with Crippen LogP contribution in [0.15, 0.2) is 63.9 Å². The van der Waals surface area contributed by atoms with Crippen molar-refractivity contribution >= 4 is 34.4 Å². The Hall–Kier alpha value is -2.79. The van der Waals surface area contributed by atoms with Crippen molar-refractivity contribution in [1.29, 1.82) is 0 Å². The molecule has 0 aliphatic rings. The second-order valence-electron chi connectivity index (χ2n) is 4.67. The van der Waals surface area contributed by atoms with Gasteiger partial charge in [0.15, 0.2) is 17.7 Å². The first kappa shape index (κ1) is 12.9. The molecule has 0 aliphatic carbocycles. The summed E-state index contributed by atoms with van der Waals surface area (Å²) in [5.41, 5.74) is 3.09. The van der Waals surface area contributed by atoms with Gasteiger partial charge < -0.3 is 14.2 Å². The number of anilines is 2. The van der Waals surface area contributed by atoms with Crippen LogP contribution in [0.5, 0.6) is 0 Å². The fraction of sp³-hybridized carbons (Fsp3) is 0. The third-order valence-electron chi connectivity index (χ3n) is 3.21. The Bertz CT molecular complexity index is 899. The second kappa shape index (κ2) is 5.20. The standard InChI is InChI=1S/C16H10ClN3O2/c17-12-7-10(5-6-11(12)15-8-18-9-21-15)19-16-20-13-3-1-2-4-14(13)22-16/h1-9H,(H,19,20). The molecule has 0 fully saturated rings. The van der Waals surface area contributed by atoms with Gasteiger partial charge in [-0.05, 0) is 30.3 Å². The quantitative estimate of drug-likeness (QED) is 0.584. The van der Waals surface area contributed by atoms with Crippen LogP contribution < -0.4 is 5.32 Å². The van der Waals surface area contributed by atoms with Crippen molar-refractivity contribution in [2.24, 2.45) is 0 Å². The third-order valence-corrected chi connectivity index (χ3v) is 3.52. The average molecular weight is 312 g/mol. The average Bonchev–Trinajstić information content (AvgIpc) is 3.15. The van der Waals surface area contributed by atoms with E-state index in [1.807, 2.05) is 36.4 Å². The molecular formula is C16H10ClN3O2. The topological polar surface area (TPSA) is 64.1 Å². The maximum atomic E-state index is 6.29. The van der Waals surface area contributed by atoms with E-state index in [2.05, 4.69) is 15.3 Å². The van der Waals surface area contributed by atoms with E-state index in [1.165, 1.54) is 6.39 Å². The molecule has 0 spiro atoms. The Morgan fingerprint density at radius 3 is 2.77 bits per heavy atom. The van der Waals surface area contributed by atoms with Crippen molar-refractivity contribution in [3.05, 3.63) is 60.1 Å². The molecule has 2 aromatic heterocycles. The highest BCUT2D eigenvalue weighted by molar-refractivity contribution is 6.33. The van der Waals surface area contributed by atoms with Crippen LogP contribution in [0.4, 0.5) is 11.7 Å². The minimum absolute atomic E-state index is 0.421. The first-order chi connectivity index (χ1) is 10.8. The SMILES string of the molecule is Clc1cc(Nc2nc3ccccc3o2)ccc1-c1cnco1. The fourth-order valence-corrected chi connectivity index (χ4v) is 2.46. The summed E-state index contributed by atoms with van der Waals surface area (Å²) in [4.78, 5) is 8.25. The van der Waals surface area contributed by atoms with Crippen LogP contribution in [-0.2, 0) is 0 Å². The molecule has 2 aromatic carbocycles. The lowest BCUT2D eigenvalue weighted by Crippen LogP contribution is -1.90. The molecule has 0 amide bonds. The summed E-state index contributed by atoms with van der Waals surface area (Å²) >= 11 is 6.29. The van der Waals surface area contributed by atoms with Gasteiger partial charge >= 0.3 is 0 Å². The normalized spacial score (nSPS) is 11.0. The lowest BCUT2D eigenvalue weighted by molar-refractivity contribution is 0.572. The fourth-order valence-electron chi connectivity index (χ4n) is 2.19. The van der Waals surface area contributed by atoms with Gasteiger partial charge in [-0.15, -0.1) is 0 Å². The highest BCUT2D eigenvalue weighted by Gasteiger charge is 2.10. The zero-order valence-corrected chi connectivity index (χ0v) is 12.0. The second-order valence-corrected chi connectivity index (χ2v) is 5.08. The number of hydrogen-bond acceptors (Lipinski definition) is 5. The number of aromatic nitrogens is 2. The summed E-state index contributed by atoms with van der Waals surface area (Å²) in [7, 11) is 0. The Kier molecular flexibility index (Phi) is 3.05. The van der Waals surface area contributed by atoms with Crippen LogP contribution in [0.3, 0.4) is 0 Å². The van der Waals surface area contributed by atoms with Gasteiger partial charge in [-0.2, -0.15) is 4.98 Å². The smallest absolute Gasteiger partial charge is 0.300 e. The molecule has 0 saturated heterocycles. The van der Waals surface area contributed by atoms with Crippen molar-refractivity contribution in [2.45, 2.75) is 0 Å². The molecule has 4 rings (SSSR count). The monoisotopic (exact) mass is 311 g/mol. The van der Waals surface area contributed by atoms with Crippen LogP contribution in [-0.4, -0.2) is 9.97 Å². The minimum Gasteiger partial charge on any atom is -0.443 e. The van der Waals surface area contributed by atoms with Gasteiger partial charge in [0.2, 0.25) is 0 Å². The Labute approximate surface area is 130 Å². The summed E-state index contributed by atoms with van der Waals surface area (Å²) in [5.74, 6) is 0.624. The van der Waals surface area contributed by atoms with E-state index in [4.69, 9.17) is 20.4 Å². The van der Waals surface area contributed by atoms with Crippen molar-refractivity contribution < 1.29 is 8.83 Å². The molecule has 6 heteroatoms. The number of benzene rings is 2. The molecule has 4 aromatic rings. The number of oxazole rings is 2.